The molecule has 0 aliphatic heterocycles. The van der Waals surface area contributed by atoms with E-state index in [9.17, 15) is 9.59 Å². The Labute approximate surface area is 207 Å². The zero-order valence-corrected chi connectivity index (χ0v) is 20.5. The Morgan fingerprint density at radius 3 is 2.60 bits per heavy atom. The van der Waals surface area contributed by atoms with E-state index < -0.39 is 0 Å². The highest BCUT2D eigenvalue weighted by Gasteiger charge is 2.17. The Hall–Kier alpha value is -3.85. The van der Waals surface area contributed by atoms with Crippen molar-refractivity contribution in [3.05, 3.63) is 76.1 Å². The normalized spacial score (nSPS) is 11.9. The van der Waals surface area contributed by atoms with Crippen molar-refractivity contribution in [3.63, 3.8) is 0 Å². The van der Waals surface area contributed by atoms with Crippen LogP contribution >= 0.6 is 11.6 Å². The van der Waals surface area contributed by atoms with E-state index in [0.717, 1.165) is 5.75 Å². The molecule has 0 saturated carbocycles. The molecule has 0 aliphatic carbocycles. The topological polar surface area (TPSA) is 99.8 Å². The first-order chi connectivity index (χ1) is 16.9. The van der Waals surface area contributed by atoms with Gasteiger partial charge in [-0.25, -0.2) is 0 Å². The molecule has 1 N–H and O–H groups in total. The van der Waals surface area contributed by atoms with Crippen LogP contribution in [-0.4, -0.2) is 38.8 Å². The number of rotatable bonds is 9. The number of halogens is 1. The van der Waals surface area contributed by atoms with Crippen molar-refractivity contribution in [2.24, 2.45) is 5.92 Å². The molecule has 2 heterocycles. The molecule has 1 atom stereocenters. The van der Waals surface area contributed by atoms with Crippen LogP contribution in [0.4, 0.5) is 5.69 Å². The van der Waals surface area contributed by atoms with E-state index in [1.54, 1.807) is 35.0 Å². The van der Waals surface area contributed by atoms with Crippen molar-refractivity contribution in [2.75, 3.05) is 19.0 Å². The van der Waals surface area contributed by atoms with Gasteiger partial charge in [-0.2, -0.15) is 0 Å². The second-order valence-corrected chi connectivity index (χ2v) is 8.53. The van der Waals surface area contributed by atoms with E-state index in [0.29, 0.717) is 41.0 Å². The van der Waals surface area contributed by atoms with Gasteiger partial charge in [0.05, 0.1) is 18.7 Å². The monoisotopic (exact) mass is 495 g/mol. The lowest BCUT2D eigenvalue weighted by Gasteiger charge is -2.12. The fourth-order valence-corrected chi connectivity index (χ4v) is 4.06. The molecular formula is C25H26ClN5O4. The minimum atomic E-state index is -0.280. The number of nitrogens with one attached hydrogen (secondary N) is 1. The van der Waals surface area contributed by atoms with Crippen molar-refractivity contribution < 1.29 is 14.3 Å². The number of aromatic nitrogens is 4. The number of ether oxygens (including phenoxy) is 2. The molecule has 0 fully saturated rings. The molecule has 2 aromatic carbocycles. The molecule has 1 amide bonds. The molecule has 10 heteroatoms. The zero-order chi connectivity index (χ0) is 24.9. The highest BCUT2D eigenvalue weighted by Crippen LogP contribution is 2.27. The Kier molecular flexibility index (Phi) is 7.36. The lowest BCUT2D eigenvalue weighted by molar-refractivity contribution is -0.116. The largest absolute Gasteiger partial charge is 0.495 e. The van der Waals surface area contributed by atoms with Gasteiger partial charge in [-0.15, -0.1) is 10.2 Å². The fraction of sp³-hybridized carbons (Fsp3) is 0.280. The first-order valence-corrected chi connectivity index (χ1v) is 11.6. The van der Waals surface area contributed by atoms with Crippen molar-refractivity contribution in [1.29, 1.82) is 0 Å². The van der Waals surface area contributed by atoms with Crippen LogP contribution in [0.2, 0.25) is 5.02 Å². The summed E-state index contributed by atoms with van der Waals surface area (Å²) in [7, 11) is 1.53. The van der Waals surface area contributed by atoms with Gasteiger partial charge in [0.1, 0.15) is 17.3 Å². The summed E-state index contributed by atoms with van der Waals surface area (Å²) in [4.78, 5) is 25.5. The molecular weight excluding hydrogens is 470 g/mol. The highest BCUT2D eigenvalue weighted by molar-refractivity contribution is 6.32. The van der Waals surface area contributed by atoms with E-state index in [2.05, 4.69) is 15.5 Å². The SMILES string of the molecule is CCOc1ccc(-n2ccn3c(CC(C)CC(=O)Nc4ccc(OC)c(Cl)c4)nnc3c2=O)cc1. The number of methoxy groups -OCH3 is 1. The minimum absolute atomic E-state index is 0.0374. The molecule has 9 nitrogen and oxygen atoms in total. The van der Waals surface area contributed by atoms with Crippen molar-refractivity contribution in [2.45, 2.75) is 26.7 Å². The van der Waals surface area contributed by atoms with Crippen LogP contribution in [0.3, 0.4) is 0 Å². The summed E-state index contributed by atoms with van der Waals surface area (Å²) in [6.07, 6.45) is 4.18. The predicted molar refractivity (Wildman–Crippen MR) is 134 cm³/mol. The number of carbonyl (C=O) groups is 1. The van der Waals surface area contributed by atoms with Gasteiger partial charge in [0.2, 0.25) is 11.6 Å². The predicted octanol–water partition coefficient (Wildman–Crippen LogP) is 4.15. The number of amides is 1. The van der Waals surface area contributed by atoms with Crippen molar-refractivity contribution >= 4 is 28.8 Å². The van der Waals surface area contributed by atoms with E-state index in [4.69, 9.17) is 21.1 Å². The molecule has 0 spiro atoms. The molecule has 0 radical (unpaired) electrons. The number of carbonyl (C=O) groups excluding carboxylic acids is 1. The Morgan fingerprint density at radius 2 is 1.91 bits per heavy atom. The first-order valence-electron chi connectivity index (χ1n) is 11.2. The van der Waals surface area contributed by atoms with Crippen LogP contribution < -0.4 is 20.3 Å². The van der Waals surface area contributed by atoms with Gasteiger partial charge in [0.25, 0.3) is 0 Å². The van der Waals surface area contributed by atoms with Crippen molar-refractivity contribution in [1.82, 2.24) is 19.2 Å². The second-order valence-electron chi connectivity index (χ2n) is 8.12. The number of anilines is 1. The zero-order valence-electron chi connectivity index (χ0n) is 19.7. The van der Waals surface area contributed by atoms with Crippen LogP contribution in [0, 0.1) is 5.92 Å². The summed E-state index contributed by atoms with van der Waals surface area (Å²) < 4.78 is 13.8. The minimum Gasteiger partial charge on any atom is -0.495 e. The summed E-state index contributed by atoms with van der Waals surface area (Å²) in [5.41, 5.74) is 1.24. The third kappa shape index (κ3) is 5.46. The van der Waals surface area contributed by atoms with E-state index >= 15 is 0 Å². The average molecular weight is 496 g/mol. The summed E-state index contributed by atoms with van der Waals surface area (Å²) in [6, 6.07) is 12.3. The standard InChI is InChI=1S/C25H26ClN5O4/c1-4-35-19-8-6-18(7-9-19)30-11-12-31-22(28-29-24(31)25(30)33)13-16(2)14-23(32)27-17-5-10-21(34-3)20(26)15-17/h5-12,15-16H,4,13-14H2,1-3H3,(H,27,32). The number of hydrogen-bond acceptors (Lipinski definition) is 6. The molecule has 4 aromatic rings. The molecule has 0 aliphatic rings. The van der Waals surface area contributed by atoms with Gasteiger partial charge in [-0.05, 0) is 55.3 Å². The highest BCUT2D eigenvalue weighted by atomic mass is 35.5. The van der Waals surface area contributed by atoms with Gasteiger partial charge in [-0.3, -0.25) is 18.6 Å². The summed E-state index contributed by atoms with van der Waals surface area (Å²) in [5, 5.41) is 11.6. The Balaban J connectivity index is 1.44. The number of nitrogens with zero attached hydrogens (tertiary/aromatic N) is 4. The van der Waals surface area contributed by atoms with Crippen LogP contribution in [0.5, 0.6) is 11.5 Å². The molecule has 35 heavy (non-hydrogen) atoms. The van der Waals surface area contributed by atoms with Crippen LogP contribution in [-0.2, 0) is 11.2 Å². The van der Waals surface area contributed by atoms with Gasteiger partial charge in [0, 0.05) is 36.6 Å². The van der Waals surface area contributed by atoms with Gasteiger partial charge >= 0.3 is 5.56 Å². The van der Waals surface area contributed by atoms with Crippen LogP contribution in [0.1, 0.15) is 26.1 Å². The van der Waals surface area contributed by atoms with Gasteiger partial charge in [0.15, 0.2) is 0 Å². The van der Waals surface area contributed by atoms with E-state index in [-0.39, 0.29) is 29.5 Å². The Bertz CT molecular complexity index is 1400. The maximum atomic E-state index is 13.0. The van der Waals surface area contributed by atoms with Crippen LogP contribution in [0.15, 0.2) is 59.7 Å². The molecule has 2 aromatic heterocycles. The molecule has 0 saturated heterocycles. The summed E-state index contributed by atoms with van der Waals surface area (Å²) in [5.74, 6) is 1.71. The summed E-state index contributed by atoms with van der Waals surface area (Å²) >= 11 is 6.12. The van der Waals surface area contributed by atoms with E-state index in [1.165, 1.54) is 11.7 Å². The van der Waals surface area contributed by atoms with Gasteiger partial charge in [-0.1, -0.05) is 18.5 Å². The third-order valence-corrected chi connectivity index (χ3v) is 5.76. The molecule has 0 bridgehead atoms. The smallest absolute Gasteiger partial charge is 0.300 e. The van der Waals surface area contributed by atoms with Crippen molar-refractivity contribution in [3.8, 4) is 17.2 Å². The van der Waals surface area contributed by atoms with Crippen LogP contribution in [0.25, 0.3) is 11.3 Å². The maximum absolute atomic E-state index is 13.0. The maximum Gasteiger partial charge on any atom is 0.300 e. The fourth-order valence-electron chi connectivity index (χ4n) is 3.80. The number of benzene rings is 2. The first kappa shape index (κ1) is 24.3. The molecule has 4 rings (SSSR count). The molecule has 182 valence electrons. The summed E-state index contributed by atoms with van der Waals surface area (Å²) in [6.45, 7) is 4.44. The van der Waals surface area contributed by atoms with Gasteiger partial charge < -0.3 is 14.8 Å². The number of hydrogen-bond donors (Lipinski definition) is 1. The Morgan fingerprint density at radius 1 is 1.14 bits per heavy atom. The second kappa shape index (κ2) is 10.6. The molecule has 1 unspecified atom stereocenters. The van der Waals surface area contributed by atoms with E-state index in [1.807, 2.05) is 38.1 Å². The number of fused-ring (bicyclic) bond motifs is 1. The quantitative estimate of drug-likeness (QED) is 0.374. The lowest BCUT2D eigenvalue weighted by Crippen LogP contribution is -2.21. The lowest BCUT2D eigenvalue weighted by atomic mass is 10.0. The average Bonchev–Trinajstić information content (AvgIpc) is 3.23. The third-order valence-electron chi connectivity index (χ3n) is 5.47.